The molecule has 68 valence electrons. The molecule has 1 saturated heterocycles. The topological polar surface area (TPSA) is 48.2 Å². The Kier molecular flexibility index (Phi) is 2.02. The van der Waals surface area contributed by atoms with Crippen LogP contribution in [0, 0.1) is 0 Å². The van der Waals surface area contributed by atoms with Crippen LogP contribution in [0.2, 0.25) is 0 Å². The fraction of sp³-hybridized carbons (Fsp3) is 0.300. The number of rotatable bonds is 2. The molecule has 1 aromatic rings. The molecular formula is C10H11NO2. The van der Waals surface area contributed by atoms with E-state index in [2.05, 4.69) is 5.32 Å². The summed E-state index contributed by atoms with van der Waals surface area (Å²) in [7, 11) is 0. The Morgan fingerprint density at radius 3 is 2.54 bits per heavy atom. The Bertz CT molecular complexity index is 314. The maximum Gasteiger partial charge on any atom is 0.308 e. The molecule has 0 amide bonds. The van der Waals surface area contributed by atoms with Crippen molar-refractivity contribution in [2.24, 2.45) is 0 Å². The molecule has 0 aromatic heterocycles. The summed E-state index contributed by atoms with van der Waals surface area (Å²) < 4.78 is 4.91. The predicted octanol–water partition coefficient (Wildman–Crippen LogP) is 1.26. The van der Waals surface area contributed by atoms with Crippen LogP contribution in [-0.4, -0.2) is 12.5 Å². The molecule has 0 spiro atoms. The minimum atomic E-state index is -0.280. The van der Waals surface area contributed by atoms with Gasteiger partial charge < -0.3 is 10.1 Å². The van der Waals surface area contributed by atoms with Crippen molar-refractivity contribution < 1.29 is 9.53 Å². The second-order valence-corrected chi connectivity index (χ2v) is 3.12. The maximum atomic E-state index is 10.6. The van der Waals surface area contributed by atoms with Gasteiger partial charge in [0, 0.05) is 19.5 Å². The highest BCUT2D eigenvalue weighted by molar-refractivity contribution is 5.69. The Hall–Kier alpha value is -1.35. The predicted molar refractivity (Wildman–Crippen MR) is 48.5 cm³/mol. The molecule has 1 aliphatic rings. The third-order valence-corrected chi connectivity index (χ3v) is 1.95. The summed E-state index contributed by atoms with van der Waals surface area (Å²) in [6.45, 7) is 2.45. The van der Waals surface area contributed by atoms with Gasteiger partial charge in [0.15, 0.2) is 0 Å². The Morgan fingerprint density at radius 2 is 2.08 bits per heavy atom. The monoisotopic (exact) mass is 177 g/mol. The zero-order chi connectivity index (χ0) is 9.26. The van der Waals surface area contributed by atoms with E-state index in [4.69, 9.17) is 4.74 Å². The molecule has 0 bridgehead atoms. The van der Waals surface area contributed by atoms with E-state index in [-0.39, 0.29) is 5.97 Å². The Morgan fingerprint density at radius 1 is 1.46 bits per heavy atom. The third-order valence-electron chi connectivity index (χ3n) is 1.95. The highest BCUT2D eigenvalue weighted by Crippen LogP contribution is 2.23. The van der Waals surface area contributed by atoms with E-state index in [1.54, 1.807) is 0 Å². The third kappa shape index (κ3) is 2.06. The molecule has 0 radical (unpaired) electrons. The lowest BCUT2D eigenvalue weighted by atomic mass is 10.1. The normalized spacial score (nSPS) is 19.6. The van der Waals surface area contributed by atoms with Crippen molar-refractivity contribution in [2.45, 2.75) is 13.0 Å². The zero-order valence-electron chi connectivity index (χ0n) is 7.41. The van der Waals surface area contributed by atoms with Gasteiger partial charge in [0.2, 0.25) is 0 Å². The number of hydrogen-bond acceptors (Lipinski definition) is 3. The van der Waals surface area contributed by atoms with Crippen LogP contribution in [0.4, 0.5) is 0 Å². The van der Waals surface area contributed by atoms with Crippen LogP contribution < -0.4 is 10.1 Å². The van der Waals surface area contributed by atoms with Gasteiger partial charge in [-0.05, 0) is 17.7 Å². The van der Waals surface area contributed by atoms with Crippen LogP contribution in [0.1, 0.15) is 18.5 Å². The molecule has 1 N–H and O–H groups in total. The summed E-state index contributed by atoms with van der Waals surface area (Å²) >= 11 is 0. The minimum Gasteiger partial charge on any atom is -0.427 e. The number of esters is 1. The van der Waals surface area contributed by atoms with Gasteiger partial charge in [0.1, 0.15) is 5.75 Å². The molecule has 0 saturated carbocycles. The summed E-state index contributed by atoms with van der Waals surface area (Å²) in [5.41, 5.74) is 1.25. The van der Waals surface area contributed by atoms with Crippen molar-refractivity contribution in [1.29, 1.82) is 0 Å². The molecule has 3 heteroatoms. The molecule has 2 rings (SSSR count). The fourth-order valence-electron chi connectivity index (χ4n) is 1.23. The molecule has 1 fully saturated rings. The number of hydrogen-bond donors (Lipinski definition) is 1. The number of ether oxygens (including phenoxy) is 1. The van der Waals surface area contributed by atoms with E-state index in [0.717, 1.165) is 6.54 Å². The van der Waals surface area contributed by atoms with Gasteiger partial charge in [0.05, 0.1) is 0 Å². The quantitative estimate of drug-likeness (QED) is 0.420. The van der Waals surface area contributed by atoms with Crippen molar-refractivity contribution in [3.05, 3.63) is 29.8 Å². The van der Waals surface area contributed by atoms with E-state index >= 15 is 0 Å². The lowest BCUT2D eigenvalue weighted by molar-refractivity contribution is -0.131. The van der Waals surface area contributed by atoms with E-state index in [1.807, 2.05) is 24.3 Å². The van der Waals surface area contributed by atoms with Gasteiger partial charge in [-0.25, -0.2) is 0 Å². The van der Waals surface area contributed by atoms with Crippen LogP contribution >= 0.6 is 0 Å². The fourth-order valence-corrected chi connectivity index (χ4v) is 1.23. The molecule has 3 nitrogen and oxygen atoms in total. The summed E-state index contributed by atoms with van der Waals surface area (Å²) in [6, 6.07) is 8.09. The van der Waals surface area contributed by atoms with Crippen molar-refractivity contribution in [2.75, 3.05) is 6.54 Å². The lowest BCUT2D eigenvalue weighted by Gasteiger charge is -2.01. The van der Waals surface area contributed by atoms with Gasteiger partial charge >= 0.3 is 5.97 Å². The second kappa shape index (κ2) is 3.18. The first kappa shape index (κ1) is 8.26. The molecular weight excluding hydrogens is 166 g/mol. The summed E-state index contributed by atoms with van der Waals surface area (Å²) in [5, 5.41) is 3.20. The Labute approximate surface area is 76.7 Å². The average molecular weight is 177 g/mol. The number of benzene rings is 1. The maximum absolute atomic E-state index is 10.6. The molecule has 1 atom stereocenters. The lowest BCUT2D eigenvalue weighted by Crippen LogP contribution is -2.01. The molecule has 0 aliphatic carbocycles. The van der Waals surface area contributed by atoms with Crippen molar-refractivity contribution in [3.63, 3.8) is 0 Å². The first-order valence-electron chi connectivity index (χ1n) is 4.27. The van der Waals surface area contributed by atoms with E-state index in [9.17, 15) is 4.79 Å². The van der Waals surface area contributed by atoms with Crippen molar-refractivity contribution in [1.82, 2.24) is 5.32 Å². The average Bonchev–Trinajstić information content (AvgIpc) is 2.87. The second-order valence-electron chi connectivity index (χ2n) is 3.12. The summed E-state index contributed by atoms with van der Waals surface area (Å²) in [6.07, 6.45) is 0. The van der Waals surface area contributed by atoms with Crippen LogP contribution in [0.15, 0.2) is 24.3 Å². The molecule has 1 heterocycles. The van der Waals surface area contributed by atoms with E-state index in [0.29, 0.717) is 11.8 Å². The van der Waals surface area contributed by atoms with Gasteiger partial charge in [-0.1, -0.05) is 12.1 Å². The first-order valence-corrected chi connectivity index (χ1v) is 4.27. The van der Waals surface area contributed by atoms with E-state index < -0.39 is 0 Å². The van der Waals surface area contributed by atoms with Gasteiger partial charge in [0.25, 0.3) is 0 Å². The minimum absolute atomic E-state index is 0.280. The number of carbonyl (C=O) groups is 1. The number of carbonyl (C=O) groups excluding carboxylic acids is 1. The largest absolute Gasteiger partial charge is 0.427 e. The first-order chi connectivity index (χ1) is 6.25. The Balaban J connectivity index is 2.08. The van der Waals surface area contributed by atoms with Crippen molar-refractivity contribution in [3.8, 4) is 5.75 Å². The van der Waals surface area contributed by atoms with Crippen LogP contribution in [0.25, 0.3) is 0 Å². The van der Waals surface area contributed by atoms with Gasteiger partial charge in [-0.15, -0.1) is 0 Å². The SMILES string of the molecule is CC(=O)Oc1ccc([C@H]2CN2)cc1. The summed E-state index contributed by atoms with van der Waals surface area (Å²) in [5.74, 6) is 0.328. The molecule has 1 aromatic carbocycles. The van der Waals surface area contributed by atoms with Crippen LogP contribution in [0.3, 0.4) is 0 Å². The smallest absolute Gasteiger partial charge is 0.308 e. The number of nitrogens with one attached hydrogen (secondary N) is 1. The van der Waals surface area contributed by atoms with Gasteiger partial charge in [-0.2, -0.15) is 0 Å². The standard InChI is InChI=1S/C10H11NO2/c1-7(12)13-9-4-2-8(3-5-9)10-6-11-10/h2-5,10-11H,6H2,1H3/t10-/m1/s1. The van der Waals surface area contributed by atoms with Crippen LogP contribution in [-0.2, 0) is 4.79 Å². The van der Waals surface area contributed by atoms with Gasteiger partial charge in [-0.3, -0.25) is 4.79 Å². The molecule has 13 heavy (non-hydrogen) atoms. The highest BCUT2D eigenvalue weighted by atomic mass is 16.5. The van der Waals surface area contributed by atoms with E-state index in [1.165, 1.54) is 12.5 Å². The summed E-state index contributed by atoms with van der Waals surface area (Å²) in [4.78, 5) is 10.6. The van der Waals surface area contributed by atoms with Crippen molar-refractivity contribution >= 4 is 5.97 Å². The molecule has 1 aliphatic heterocycles. The van der Waals surface area contributed by atoms with Crippen LogP contribution in [0.5, 0.6) is 5.75 Å². The molecule has 0 unspecified atom stereocenters. The zero-order valence-corrected chi connectivity index (χ0v) is 7.41. The highest BCUT2D eigenvalue weighted by Gasteiger charge is 2.21.